The van der Waals surface area contributed by atoms with Crippen LogP contribution in [0.4, 0.5) is 0 Å². The molecule has 0 aromatic rings. The topological polar surface area (TPSA) is 46.2 Å². The van der Waals surface area contributed by atoms with Gasteiger partial charge in [-0.3, -0.25) is 0 Å². The van der Waals surface area contributed by atoms with E-state index >= 15 is 0 Å². The fourth-order valence-electron chi connectivity index (χ4n) is 0.894. The summed E-state index contributed by atoms with van der Waals surface area (Å²) < 4.78 is 24.4. The highest BCUT2D eigenvalue weighted by atomic mass is 32.2. The minimum absolute atomic E-state index is 0.225. The molecule has 0 aromatic heterocycles. The molecule has 0 bridgehead atoms. The number of sulfonamides is 1. The quantitative estimate of drug-likeness (QED) is 0.667. The molecule has 0 radical (unpaired) electrons. The summed E-state index contributed by atoms with van der Waals surface area (Å²) in [7, 11) is -1.56. The fourth-order valence-corrected chi connectivity index (χ4v) is 2.11. The Morgan fingerprint density at radius 1 is 1.30 bits per heavy atom. The van der Waals surface area contributed by atoms with Crippen LogP contribution < -0.4 is 4.72 Å². The minimum atomic E-state index is -3.01. The van der Waals surface area contributed by atoms with Gasteiger partial charge in [0.05, 0.1) is 5.25 Å². The molecule has 0 aliphatic carbocycles. The number of rotatable bonds is 4. The van der Waals surface area contributed by atoms with Crippen molar-refractivity contribution in [2.24, 2.45) is 0 Å². The molecule has 3 nitrogen and oxygen atoms in total. The van der Waals surface area contributed by atoms with Gasteiger partial charge in [0, 0.05) is 0 Å². The number of hydrogen-bond donors (Lipinski definition) is 1. The molecular weight excluding hydrogens is 150 g/mol. The summed E-state index contributed by atoms with van der Waals surface area (Å²) in [5.41, 5.74) is 0. The van der Waals surface area contributed by atoms with Crippen molar-refractivity contribution in [2.45, 2.75) is 31.9 Å². The summed E-state index contributed by atoms with van der Waals surface area (Å²) in [4.78, 5) is 0. The van der Waals surface area contributed by atoms with E-state index in [-0.39, 0.29) is 5.25 Å². The molecule has 0 unspecified atom stereocenters. The lowest BCUT2D eigenvalue weighted by Gasteiger charge is -2.11. The van der Waals surface area contributed by atoms with Gasteiger partial charge in [-0.1, -0.05) is 13.8 Å². The van der Waals surface area contributed by atoms with Gasteiger partial charge in [-0.25, -0.2) is 13.1 Å². The van der Waals surface area contributed by atoms with Crippen molar-refractivity contribution in [1.29, 1.82) is 0 Å². The maximum absolute atomic E-state index is 11.1. The molecule has 0 amide bonds. The highest BCUT2D eigenvalue weighted by Crippen LogP contribution is 2.06. The summed E-state index contributed by atoms with van der Waals surface area (Å²) in [6.45, 7) is 3.76. The van der Waals surface area contributed by atoms with Gasteiger partial charge in [0.15, 0.2) is 0 Å². The Kier molecular flexibility index (Phi) is 3.89. The molecular formula is C6H15NO2S. The van der Waals surface area contributed by atoms with Gasteiger partial charge in [-0.15, -0.1) is 0 Å². The molecule has 4 heteroatoms. The first kappa shape index (κ1) is 9.91. The number of nitrogens with one attached hydrogen (secondary N) is 1. The lowest BCUT2D eigenvalue weighted by molar-refractivity contribution is 0.563. The Hall–Kier alpha value is -0.0900. The van der Waals surface area contributed by atoms with Crippen LogP contribution in [0.5, 0.6) is 0 Å². The monoisotopic (exact) mass is 165 g/mol. The Bertz CT molecular complexity index is 170. The van der Waals surface area contributed by atoms with Crippen molar-refractivity contribution in [3.05, 3.63) is 0 Å². The molecule has 0 atom stereocenters. The van der Waals surface area contributed by atoms with Crippen LogP contribution in [0, 0.1) is 0 Å². The third-order valence-corrected chi connectivity index (χ3v) is 3.75. The van der Waals surface area contributed by atoms with Gasteiger partial charge in [0.25, 0.3) is 0 Å². The largest absolute Gasteiger partial charge is 0.218 e. The first-order chi connectivity index (χ1) is 4.58. The molecule has 10 heavy (non-hydrogen) atoms. The molecule has 0 aliphatic rings. The smallest absolute Gasteiger partial charge is 0.214 e. The predicted octanol–water partition coefficient (Wildman–Crippen LogP) is 0.724. The first-order valence-electron chi connectivity index (χ1n) is 3.50. The summed E-state index contributed by atoms with van der Waals surface area (Å²) in [5, 5.41) is -0.225. The second-order valence-corrected chi connectivity index (χ2v) is 4.35. The van der Waals surface area contributed by atoms with Gasteiger partial charge in [0.1, 0.15) is 0 Å². The summed E-state index contributed by atoms with van der Waals surface area (Å²) >= 11 is 0. The number of hydrogen-bond acceptors (Lipinski definition) is 2. The molecule has 1 N–H and O–H groups in total. The molecule has 0 aromatic carbocycles. The van der Waals surface area contributed by atoms with Crippen LogP contribution in [0.2, 0.25) is 0 Å². The lowest BCUT2D eigenvalue weighted by Crippen LogP contribution is -2.30. The second-order valence-electron chi connectivity index (χ2n) is 2.19. The van der Waals surface area contributed by atoms with Gasteiger partial charge in [0.2, 0.25) is 10.0 Å². The van der Waals surface area contributed by atoms with Gasteiger partial charge < -0.3 is 0 Å². The summed E-state index contributed by atoms with van der Waals surface area (Å²) in [6, 6.07) is 0. The highest BCUT2D eigenvalue weighted by Gasteiger charge is 2.18. The van der Waals surface area contributed by atoms with E-state index in [2.05, 4.69) is 4.72 Å². The first-order valence-corrected chi connectivity index (χ1v) is 5.05. The standard InChI is InChI=1S/C6H15NO2S/c1-4-6(5-2)10(8,9)7-3/h6-7H,4-5H2,1-3H3. The predicted molar refractivity (Wildman–Crippen MR) is 42.3 cm³/mol. The molecule has 0 fully saturated rings. The normalized spacial score (nSPS) is 12.4. The van der Waals surface area contributed by atoms with Crippen LogP contribution in [-0.2, 0) is 10.0 Å². The SMILES string of the molecule is CCC(CC)S(=O)(=O)NC. The maximum Gasteiger partial charge on any atom is 0.214 e. The van der Waals surface area contributed by atoms with E-state index in [4.69, 9.17) is 0 Å². The van der Waals surface area contributed by atoms with E-state index in [0.29, 0.717) is 12.8 Å². The van der Waals surface area contributed by atoms with E-state index in [9.17, 15) is 8.42 Å². The summed E-state index contributed by atoms with van der Waals surface area (Å²) in [6.07, 6.45) is 1.36. The zero-order chi connectivity index (χ0) is 8.20. The van der Waals surface area contributed by atoms with E-state index in [1.54, 1.807) is 0 Å². The van der Waals surface area contributed by atoms with Gasteiger partial charge in [-0.2, -0.15) is 0 Å². The Balaban J connectivity index is 4.28. The molecule has 62 valence electrons. The maximum atomic E-state index is 11.1. The molecule has 0 heterocycles. The summed E-state index contributed by atoms with van der Waals surface area (Å²) in [5.74, 6) is 0. The average Bonchev–Trinajstić information content (AvgIpc) is 1.90. The van der Waals surface area contributed by atoms with Crippen LogP contribution in [0.1, 0.15) is 26.7 Å². The molecule has 0 rings (SSSR count). The van der Waals surface area contributed by atoms with E-state index < -0.39 is 10.0 Å². The molecule has 0 spiro atoms. The average molecular weight is 165 g/mol. The third-order valence-electron chi connectivity index (χ3n) is 1.63. The van der Waals surface area contributed by atoms with Crippen molar-refractivity contribution >= 4 is 10.0 Å². The molecule has 0 saturated heterocycles. The lowest BCUT2D eigenvalue weighted by atomic mass is 10.3. The zero-order valence-electron chi connectivity index (χ0n) is 6.72. The van der Waals surface area contributed by atoms with Crippen molar-refractivity contribution in [3.8, 4) is 0 Å². The van der Waals surface area contributed by atoms with Crippen LogP contribution >= 0.6 is 0 Å². The Morgan fingerprint density at radius 3 is 1.80 bits per heavy atom. The second kappa shape index (κ2) is 3.93. The van der Waals surface area contributed by atoms with Crippen molar-refractivity contribution in [3.63, 3.8) is 0 Å². The van der Waals surface area contributed by atoms with Crippen LogP contribution in [0.3, 0.4) is 0 Å². The zero-order valence-corrected chi connectivity index (χ0v) is 7.53. The Labute approximate surface area is 62.9 Å². The van der Waals surface area contributed by atoms with Gasteiger partial charge >= 0.3 is 0 Å². The fraction of sp³-hybridized carbons (Fsp3) is 1.00. The van der Waals surface area contributed by atoms with Gasteiger partial charge in [-0.05, 0) is 19.9 Å². The van der Waals surface area contributed by atoms with Crippen LogP contribution in [0.25, 0.3) is 0 Å². The van der Waals surface area contributed by atoms with E-state index in [0.717, 1.165) is 0 Å². The Morgan fingerprint density at radius 2 is 1.70 bits per heavy atom. The molecule has 0 saturated carbocycles. The van der Waals surface area contributed by atoms with E-state index in [1.165, 1.54) is 7.05 Å². The highest BCUT2D eigenvalue weighted by molar-refractivity contribution is 7.90. The minimum Gasteiger partial charge on any atom is -0.218 e. The van der Waals surface area contributed by atoms with Crippen LogP contribution in [0.15, 0.2) is 0 Å². The van der Waals surface area contributed by atoms with Crippen molar-refractivity contribution < 1.29 is 8.42 Å². The van der Waals surface area contributed by atoms with Crippen molar-refractivity contribution in [1.82, 2.24) is 4.72 Å². The van der Waals surface area contributed by atoms with Crippen molar-refractivity contribution in [2.75, 3.05) is 7.05 Å². The molecule has 0 aliphatic heterocycles. The third kappa shape index (κ3) is 2.27. The van der Waals surface area contributed by atoms with E-state index in [1.807, 2.05) is 13.8 Å². The van der Waals surface area contributed by atoms with Crippen LogP contribution in [-0.4, -0.2) is 20.7 Å².